The SMILES string of the molecule is CCC1CC(NC)CN(c2ccsc2)C1. The first-order valence-electron chi connectivity index (χ1n) is 5.78. The second-order valence-corrected chi connectivity index (χ2v) is 5.16. The maximum absolute atomic E-state index is 3.42. The molecule has 2 atom stereocenters. The first-order chi connectivity index (χ1) is 7.33. The van der Waals surface area contributed by atoms with Crippen molar-refractivity contribution in [1.29, 1.82) is 0 Å². The van der Waals surface area contributed by atoms with E-state index < -0.39 is 0 Å². The van der Waals surface area contributed by atoms with Crippen LogP contribution >= 0.6 is 11.3 Å². The summed E-state index contributed by atoms with van der Waals surface area (Å²) in [5, 5.41) is 7.84. The molecule has 0 aromatic carbocycles. The van der Waals surface area contributed by atoms with Crippen LogP contribution < -0.4 is 10.2 Å². The molecule has 0 aliphatic carbocycles. The molecule has 2 nitrogen and oxygen atoms in total. The minimum atomic E-state index is 0.656. The number of piperidine rings is 1. The Morgan fingerprint density at radius 1 is 1.53 bits per heavy atom. The van der Waals surface area contributed by atoms with Crippen LogP contribution in [0.4, 0.5) is 5.69 Å². The summed E-state index contributed by atoms with van der Waals surface area (Å²) in [5.41, 5.74) is 1.40. The van der Waals surface area contributed by atoms with Gasteiger partial charge in [0.15, 0.2) is 0 Å². The van der Waals surface area contributed by atoms with Gasteiger partial charge < -0.3 is 10.2 Å². The van der Waals surface area contributed by atoms with Crippen molar-refractivity contribution in [2.45, 2.75) is 25.8 Å². The molecule has 3 heteroatoms. The molecule has 1 saturated heterocycles. The summed E-state index contributed by atoms with van der Waals surface area (Å²) in [6.07, 6.45) is 2.62. The van der Waals surface area contributed by atoms with Gasteiger partial charge in [0.25, 0.3) is 0 Å². The monoisotopic (exact) mass is 224 g/mol. The molecule has 0 radical (unpaired) electrons. The van der Waals surface area contributed by atoms with Crippen molar-refractivity contribution >= 4 is 17.0 Å². The molecule has 2 unspecified atom stereocenters. The van der Waals surface area contributed by atoms with Crippen molar-refractivity contribution < 1.29 is 0 Å². The normalized spacial score (nSPS) is 26.9. The highest BCUT2D eigenvalue weighted by Crippen LogP contribution is 2.26. The number of thiophene rings is 1. The van der Waals surface area contributed by atoms with Crippen LogP contribution in [0.15, 0.2) is 16.8 Å². The third-order valence-electron chi connectivity index (χ3n) is 3.39. The van der Waals surface area contributed by atoms with Gasteiger partial charge in [0.2, 0.25) is 0 Å². The predicted molar refractivity (Wildman–Crippen MR) is 67.8 cm³/mol. The Kier molecular flexibility index (Phi) is 3.65. The van der Waals surface area contributed by atoms with Crippen LogP contribution in [-0.2, 0) is 0 Å². The Labute approximate surface area is 96.3 Å². The highest BCUT2D eigenvalue weighted by Gasteiger charge is 2.25. The molecule has 1 fully saturated rings. The summed E-state index contributed by atoms with van der Waals surface area (Å²) >= 11 is 1.79. The first-order valence-corrected chi connectivity index (χ1v) is 6.72. The lowest BCUT2D eigenvalue weighted by Crippen LogP contribution is -2.48. The van der Waals surface area contributed by atoms with E-state index in [-0.39, 0.29) is 0 Å². The molecule has 1 aromatic rings. The van der Waals surface area contributed by atoms with Crippen molar-refractivity contribution in [3.05, 3.63) is 16.8 Å². The summed E-state index contributed by atoms with van der Waals surface area (Å²) < 4.78 is 0. The first kappa shape index (κ1) is 11.0. The van der Waals surface area contributed by atoms with E-state index in [1.165, 1.54) is 25.1 Å². The van der Waals surface area contributed by atoms with Crippen LogP contribution in [0.5, 0.6) is 0 Å². The third-order valence-corrected chi connectivity index (χ3v) is 4.06. The van der Waals surface area contributed by atoms with E-state index >= 15 is 0 Å². The van der Waals surface area contributed by atoms with E-state index in [4.69, 9.17) is 0 Å². The molecule has 2 rings (SSSR count). The fourth-order valence-corrected chi connectivity index (χ4v) is 3.02. The van der Waals surface area contributed by atoms with E-state index in [2.05, 4.69) is 41.0 Å². The highest BCUT2D eigenvalue weighted by molar-refractivity contribution is 7.08. The van der Waals surface area contributed by atoms with Crippen molar-refractivity contribution in [2.75, 3.05) is 25.0 Å². The van der Waals surface area contributed by atoms with Crippen LogP contribution in [0.25, 0.3) is 0 Å². The number of anilines is 1. The fourth-order valence-electron chi connectivity index (χ4n) is 2.36. The summed E-state index contributed by atoms with van der Waals surface area (Å²) in [4.78, 5) is 2.52. The Balaban J connectivity index is 2.05. The second-order valence-electron chi connectivity index (χ2n) is 4.38. The van der Waals surface area contributed by atoms with Gasteiger partial charge in [0.1, 0.15) is 0 Å². The van der Waals surface area contributed by atoms with Crippen molar-refractivity contribution in [2.24, 2.45) is 5.92 Å². The lowest BCUT2D eigenvalue weighted by atomic mass is 9.92. The van der Waals surface area contributed by atoms with Gasteiger partial charge in [-0.2, -0.15) is 11.3 Å². The average Bonchev–Trinajstić information content (AvgIpc) is 2.81. The van der Waals surface area contributed by atoms with Gasteiger partial charge in [-0.15, -0.1) is 0 Å². The summed E-state index contributed by atoms with van der Waals surface area (Å²) in [5.74, 6) is 0.844. The Hall–Kier alpha value is -0.540. The molecule has 1 N–H and O–H groups in total. The highest BCUT2D eigenvalue weighted by atomic mass is 32.1. The molecule has 1 aliphatic rings. The van der Waals surface area contributed by atoms with Crippen LogP contribution in [0, 0.1) is 5.92 Å². The van der Waals surface area contributed by atoms with Gasteiger partial charge >= 0.3 is 0 Å². The van der Waals surface area contributed by atoms with Gasteiger partial charge in [0.05, 0.1) is 0 Å². The van der Waals surface area contributed by atoms with Gasteiger partial charge in [-0.1, -0.05) is 13.3 Å². The van der Waals surface area contributed by atoms with Gasteiger partial charge in [0, 0.05) is 30.2 Å². The second kappa shape index (κ2) is 4.99. The fraction of sp³-hybridized carbons (Fsp3) is 0.667. The zero-order chi connectivity index (χ0) is 10.7. The number of likely N-dealkylation sites (N-methyl/N-ethyl adjacent to an activating group) is 1. The molecule has 15 heavy (non-hydrogen) atoms. The maximum atomic E-state index is 3.42. The van der Waals surface area contributed by atoms with Crippen LogP contribution in [0.1, 0.15) is 19.8 Å². The predicted octanol–water partition coefficient (Wildman–Crippen LogP) is 2.57. The minimum absolute atomic E-state index is 0.656. The summed E-state index contributed by atoms with van der Waals surface area (Å²) in [6.45, 7) is 4.68. The van der Waals surface area contributed by atoms with Gasteiger partial charge in [-0.05, 0) is 30.8 Å². The maximum Gasteiger partial charge on any atom is 0.0475 e. The van der Waals surface area contributed by atoms with Gasteiger partial charge in [-0.3, -0.25) is 0 Å². The molecular formula is C12H20N2S. The molecule has 1 aliphatic heterocycles. The minimum Gasteiger partial charge on any atom is -0.369 e. The van der Waals surface area contributed by atoms with E-state index in [9.17, 15) is 0 Å². The number of hydrogen-bond acceptors (Lipinski definition) is 3. The lowest BCUT2D eigenvalue weighted by Gasteiger charge is -2.38. The van der Waals surface area contributed by atoms with Crippen LogP contribution in [-0.4, -0.2) is 26.2 Å². The van der Waals surface area contributed by atoms with Crippen molar-refractivity contribution in [1.82, 2.24) is 5.32 Å². The quantitative estimate of drug-likeness (QED) is 0.849. The molecule has 1 aromatic heterocycles. The third kappa shape index (κ3) is 2.52. The Morgan fingerprint density at radius 3 is 3.00 bits per heavy atom. The van der Waals surface area contributed by atoms with E-state index in [1.807, 2.05) is 0 Å². The lowest BCUT2D eigenvalue weighted by molar-refractivity contribution is 0.339. The zero-order valence-electron chi connectivity index (χ0n) is 9.57. The Morgan fingerprint density at radius 2 is 2.40 bits per heavy atom. The summed E-state index contributed by atoms with van der Waals surface area (Å²) in [6, 6.07) is 2.89. The van der Waals surface area contributed by atoms with E-state index in [0.717, 1.165) is 12.5 Å². The Bertz CT molecular complexity index is 272. The standard InChI is InChI=1S/C12H20N2S/c1-3-10-6-11(13-2)8-14(7-10)12-4-5-15-9-12/h4-5,9-11,13H,3,6-8H2,1-2H3. The molecule has 2 heterocycles. The number of hydrogen-bond donors (Lipinski definition) is 1. The summed E-state index contributed by atoms with van der Waals surface area (Å²) in [7, 11) is 2.08. The number of rotatable bonds is 3. The van der Waals surface area contributed by atoms with Crippen LogP contribution in [0.3, 0.4) is 0 Å². The average molecular weight is 224 g/mol. The largest absolute Gasteiger partial charge is 0.369 e. The molecule has 0 saturated carbocycles. The smallest absolute Gasteiger partial charge is 0.0475 e. The van der Waals surface area contributed by atoms with E-state index in [1.54, 1.807) is 11.3 Å². The van der Waals surface area contributed by atoms with Gasteiger partial charge in [-0.25, -0.2) is 0 Å². The molecular weight excluding hydrogens is 204 g/mol. The molecule has 84 valence electrons. The topological polar surface area (TPSA) is 15.3 Å². The molecule has 0 spiro atoms. The zero-order valence-corrected chi connectivity index (χ0v) is 10.4. The number of nitrogens with one attached hydrogen (secondary N) is 1. The van der Waals surface area contributed by atoms with Crippen molar-refractivity contribution in [3.8, 4) is 0 Å². The molecule has 0 bridgehead atoms. The number of nitrogens with zero attached hydrogens (tertiary/aromatic N) is 1. The van der Waals surface area contributed by atoms with Crippen molar-refractivity contribution in [3.63, 3.8) is 0 Å². The van der Waals surface area contributed by atoms with E-state index in [0.29, 0.717) is 6.04 Å². The molecule has 0 amide bonds. The van der Waals surface area contributed by atoms with Crippen LogP contribution in [0.2, 0.25) is 0 Å².